The van der Waals surface area contributed by atoms with E-state index >= 15 is 0 Å². The second kappa shape index (κ2) is 5.20. The third-order valence-corrected chi connectivity index (χ3v) is 3.16. The van der Waals surface area contributed by atoms with Crippen molar-refractivity contribution in [2.24, 2.45) is 0 Å². The van der Waals surface area contributed by atoms with E-state index in [4.69, 9.17) is 11.6 Å². The van der Waals surface area contributed by atoms with Gasteiger partial charge in [0.1, 0.15) is 11.2 Å². The van der Waals surface area contributed by atoms with Crippen molar-refractivity contribution in [3.63, 3.8) is 0 Å². The summed E-state index contributed by atoms with van der Waals surface area (Å²) in [4.78, 5) is 4.11. The average Bonchev–Trinajstić information content (AvgIpc) is 2.38. The lowest BCUT2D eigenvalue weighted by atomic mass is 9.99. The number of nitrogens with zero attached hydrogens (tertiary/aromatic N) is 2. The number of benzene rings is 1. The van der Waals surface area contributed by atoms with Crippen LogP contribution in [0.1, 0.15) is 23.7 Å². The van der Waals surface area contributed by atoms with Crippen LogP contribution in [0.5, 0.6) is 0 Å². The van der Waals surface area contributed by atoms with E-state index in [0.717, 1.165) is 23.2 Å². The summed E-state index contributed by atoms with van der Waals surface area (Å²) < 4.78 is 0. The quantitative estimate of drug-likeness (QED) is 0.757. The van der Waals surface area contributed by atoms with Gasteiger partial charge in [-0.1, -0.05) is 42.8 Å². The molecule has 18 heavy (non-hydrogen) atoms. The van der Waals surface area contributed by atoms with Gasteiger partial charge >= 0.3 is 0 Å². The van der Waals surface area contributed by atoms with Crippen molar-refractivity contribution in [2.75, 3.05) is 0 Å². The zero-order valence-electron chi connectivity index (χ0n) is 10.4. The third-order valence-electron chi connectivity index (χ3n) is 2.89. The van der Waals surface area contributed by atoms with Crippen LogP contribution >= 0.6 is 11.6 Å². The van der Waals surface area contributed by atoms with Crippen LogP contribution in [0.2, 0.25) is 5.15 Å². The highest BCUT2D eigenvalue weighted by Crippen LogP contribution is 2.28. The number of pyridine rings is 1. The highest BCUT2D eigenvalue weighted by atomic mass is 35.5. The minimum Gasteiger partial charge on any atom is -0.240 e. The summed E-state index contributed by atoms with van der Waals surface area (Å²) in [5.41, 5.74) is 4.36. The van der Waals surface area contributed by atoms with Crippen LogP contribution in [-0.4, -0.2) is 4.98 Å². The molecule has 1 aromatic carbocycles. The first-order chi connectivity index (χ1) is 8.65. The molecule has 0 aliphatic heterocycles. The highest BCUT2D eigenvalue weighted by Gasteiger charge is 2.11. The first-order valence-corrected chi connectivity index (χ1v) is 6.20. The van der Waals surface area contributed by atoms with Gasteiger partial charge in [-0.05, 0) is 30.5 Å². The standard InChI is InChI=1S/C15H13ClN2/c1-3-11-4-6-12(7-5-11)13-8-10(2)18-15(16)14(13)9-17/h4-8H,3H2,1-2H3. The number of hydrogen-bond acceptors (Lipinski definition) is 2. The molecular weight excluding hydrogens is 244 g/mol. The highest BCUT2D eigenvalue weighted by molar-refractivity contribution is 6.31. The average molecular weight is 257 g/mol. The molecule has 0 atom stereocenters. The number of hydrogen-bond donors (Lipinski definition) is 0. The van der Waals surface area contributed by atoms with Crippen molar-refractivity contribution in [1.82, 2.24) is 4.98 Å². The lowest BCUT2D eigenvalue weighted by molar-refractivity contribution is 1.14. The Bertz CT molecular complexity index is 610. The monoisotopic (exact) mass is 256 g/mol. The van der Waals surface area contributed by atoms with E-state index < -0.39 is 0 Å². The van der Waals surface area contributed by atoms with Crippen molar-refractivity contribution in [3.8, 4) is 17.2 Å². The Morgan fingerprint density at radius 3 is 2.50 bits per heavy atom. The summed E-state index contributed by atoms with van der Waals surface area (Å²) in [7, 11) is 0. The summed E-state index contributed by atoms with van der Waals surface area (Å²) >= 11 is 6.01. The van der Waals surface area contributed by atoms with Gasteiger partial charge in [-0.3, -0.25) is 0 Å². The van der Waals surface area contributed by atoms with Gasteiger partial charge in [0, 0.05) is 11.3 Å². The van der Waals surface area contributed by atoms with Gasteiger partial charge in [0.25, 0.3) is 0 Å². The third kappa shape index (κ3) is 2.37. The van der Waals surface area contributed by atoms with Crippen LogP contribution in [0.15, 0.2) is 30.3 Å². The first-order valence-electron chi connectivity index (χ1n) is 5.82. The molecule has 0 unspecified atom stereocenters. The van der Waals surface area contributed by atoms with E-state index in [1.165, 1.54) is 5.56 Å². The van der Waals surface area contributed by atoms with E-state index in [1.54, 1.807) is 0 Å². The second-order valence-corrected chi connectivity index (χ2v) is 4.50. The molecule has 0 bridgehead atoms. The summed E-state index contributed by atoms with van der Waals surface area (Å²) in [5, 5.41) is 9.45. The molecule has 2 rings (SSSR count). The molecule has 3 heteroatoms. The molecular formula is C15H13ClN2. The molecule has 0 radical (unpaired) electrons. The van der Waals surface area contributed by atoms with Crippen LogP contribution in [0.25, 0.3) is 11.1 Å². The lowest BCUT2D eigenvalue weighted by Gasteiger charge is -2.07. The molecule has 2 nitrogen and oxygen atoms in total. The maximum absolute atomic E-state index is 9.18. The van der Waals surface area contributed by atoms with Gasteiger partial charge in [0.2, 0.25) is 0 Å². The summed E-state index contributed by atoms with van der Waals surface area (Å²) in [5.74, 6) is 0. The van der Waals surface area contributed by atoms with Crippen LogP contribution in [0.3, 0.4) is 0 Å². The Morgan fingerprint density at radius 2 is 1.94 bits per heavy atom. The Morgan fingerprint density at radius 1 is 1.28 bits per heavy atom. The predicted octanol–water partition coefficient (Wildman–Crippen LogP) is 4.14. The summed E-state index contributed by atoms with van der Waals surface area (Å²) in [6.45, 7) is 3.99. The number of aryl methyl sites for hydroxylation is 2. The smallest absolute Gasteiger partial charge is 0.147 e. The number of halogens is 1. The molecule has 0 saturated carbocycles. The van der Waals surface area contributed by atoms with E-state index in [1.807, 2.05) is 25.1 Å². The summed E-state index contributed by atoms with van der Waals surface area (Å²) in [6.07, 6.45) is 1.00. The van der Waals surface area contributed by atoms with E-state index in [9.17, 15) is 5.26 Å². The predicted molar refractivity (Wildman–Crippen MR) is 73.5 cm³/mol. The SMILES string of the molecule is CCc1ccc(-c2cc(C)nc(Cl)c2C#N)cc1. The maximum atomic E-state index is 9.18. The summed E-state index contributed by atoms with van der Waals surface area (Å²) in [6, 6.07) is 12.2. The Labute approximate surface area is 112 Å². The molecule has 0 amide bonds. The van der Waals surface area contributed by atoms with Gasteiger partial charge in [0.15, 0.2) is 0 Å². The second-order valence-electron chi connectivity index (χ2n) is 4.14. The van der Waals surface area contributed by atoms with Crippen LogP contribution in [-0.2, 0) is 6.42 Å². The van der Waals surface area contributed by atoms with Crippen molar-refractivity contribution in [1.29, 1.82) is 5.26 Å². The van der Waals surface area contributed by atoms with Gasteiger partial charge in [-0.15, -0.1) is 0 Å². The fourth-order valence-corrected chi connectivity index (χ4v) is 2.17. The molecule has 2 aromatic rings. The van der Waals surface area contributed by atoms with Crippen molar-refractivity contribution >= 4 is 11.6 Å². The number of nitriles is 1. The Balaban J connectivity index is 2.59. The first kappa shape index (κ1) is 12.6. The van der Waals surface area contributed by atoms with Gasteiger partial charge in [0.05, 0.1) is 5.56 Å². The zero-order chi connectivity index (χ0) is 13.1. The van der Waals surface area contributed by atoms with Crippen molar-refractivity contribution in [3.05, 3.63) is 52.3 Å². The lowest BCUT2D eigenvalue weighted by Crippen LogP contribution is -1.92. The molecule has 1 aromatic heterocycles. The van der Waals surface area contributed by atoms with E-state index in [2.05, 4.69) is 30.1 Å². The van der Waals surface area contributed by atoms with Crippen LogP contribution < -0.4 is 0 Å². The minimum absolute atomic E-state index is 0.270. The van der Waals surface area contributed by atoms with E-state index in [-0.39, 0.29) is 5.15 Å². The fraction of sp³-hybridized carbons (Fsp3) is 0.200. The number of aromatic nitrogens is 1. The Hall–Kier alpha value is -1.85. The topological polar surface area (TPSA) is 36.7 Å². The number of rotatable bonds is 2. The Kier molecular flexibility index (Phi) is 3.64. The van der Waals surface area contributed by atoms with Gasteiger partial charge < -0.3 is 0 Å². The molecule has 0 N–H and O–H groups in total. The van der Waals surface area contributed by atoms with Gasteiger partial charge in [-0.2, -0.15) is 5.26 Å². The van der Waals surface area contributed by atoms with Crippen molar-refractivity contribution in [2.45, 2.75) is 20.3 Å². The fourth-order valence-electron chi connectivity index (χ4n) is 1.89. The van der Waals surface area contributed by atoms with Crippen molar-refractivity contribution < 1.29 is 0 Å². The molecule has 0 aliphatic carbocycles. The molecule has 0 saturated heterocycles. The van der Waals surface area contributed by atoms with E-state index in [0.29, 0.717) is 5.56 Å². The maximum Gasteiger partial charge on any atom is 0.147 e. The minimum atomic E-state index is 0.270. The zero-order valence-corrected chi connectivity index (χ0v) is 11.1. The molecule has 1 heterocycles. The molecule has 0 fully saturated rings. The largest absolute Gasteiger partial charge is 0.240 e. The molecule has 0 spiro atoms. The van der Waals surface area contributed by atoms with Crippen LogP contribution in [0, 0.1) is 18.3 Å². The molecule has 0 aliphatic rings. The van der Waals surface area contributed by atoms with Gasteiger partial charge in [-0.25, -0.2) is 4.98 Å². The normalized spacial score (nSPS) is 10.1. The molecule has 90 valence electrons. The van der Waals surface area contributed by atoms with Crippen LogP contribution in [0.4, 0.5) is 0 Å².